The minimum Gasteiger partial charge on any atom is -0.376 e. The van der Waals surface area contributed by atoms with E-state index >= 15 is 0 Å². The molecule has 4 rings (SSSR count). The van der Waals surface area contributed by atoms with E-state index < -0.39 is 0 Å². The molecule has 0 aliphatic heterocycles. The molecule has 0 unspecified atom stereocenters. The number of aromatic nitrogens is 1. The summed E-state index contributed by atoms with van der Waals surface area (Å²) in [6, 6.07) is 21.5. The van der Waals surface area contributed by atoms with Gasteiger partial charge in [-0.25, -0.2) is 5.43 Å². The predicted molar refractivity (Wildman–Crippen MR) is 133 cm³/mol. The lowest BCUT2D eigenvalue weighted by atomic mass is 10.2. The van der Waals surface area contributed by atoms with Crippen molar-refractivity contribution in [2.75, 3.05) is 11.9 Å². The number of carbonyl (C=O) groups excluding carboxylic acids is 1. The van der Waals surface area contributed by atoms with Crippen LogP contribution in [0.15, 0.2) is 78.0 Å². The SMILES string of the molecule is Cc1ccc(NCC(=O)N/N=C\c2cn(Cc3ccc(Cl)c(Cl)c3)c3ccccc23)cc1. The number of hydrogen-bond donors (Lipinski definition) is 2. The van der Waals surface area contributed by atoms with E-state index in [0.29, 0.717) is 16.6 Å². The molecule has 4 aromatic rings. The first-order valence-electron chi connectivity index (χ1n) is 10.1. The quantitative estimate of drug-likeness (QED) is 0.265. The number of aryl methyl sites for hydroxylation is 1. The summed E-state index contributed by atoms with van der Waals surface area (Å²) in [5, 5.41) is 9.34. The van der Waals surface area contributed by atoms with Crippen LogP contribution < -0.4 is 10.7 Å². The number of fused-ring (bicyclic) bond motifs is 1. The number of nitrogens with zero attached hydrogens (tertiary/aromatic N) is 2. The summed E-state index contributed by atoms with van der Waals surface area (Å²) in [4.78, 5) is 12.1. The van der Waals surface area contributed by atoms with E-state index in [1.165, 1.54) is 5.56 Å². The molecule has 1 aromatic heterocycles. The van der Waals surface area contributed by atoms with E-state index in [-0.39, 0.29) is 12.5 Å². The van der Waals surface area contributed by atoms with Crippen LogP contribution in [0.2, 0.25) is 10.0 Å². The maximum absolute atomic E-state index is 12.1. The van der Waals surface area contributed by atoms with E-state index in [1.54, 1.807) is 12.3 Å². The number of para-hydroxylation sites is 1. The molecule has 0 aliphatic carbocycles. The highest BCUT2D eigenvalue weighted by molar-refractivity contribution is 6.42. The fourth-order valence-corrected chi connectivity index (χ4v) is 3.73. The van der Waals surface area contributed by atoms with Gasteiger partial charge >= 0.3 is 0 Å². The highest BCUT2D eigenvalue weighted by Gasteiger charge is 2.08. The molecule has 0 saturated heterocycles. The van der Waals surface area contributed by atoms with Crippen molar-refractivity contribution in [2.45, 2.75) is 13.5 Å². The van der Waals surface area contributed by atoms with Crippen LogP contribution in [0, 0.1) is 6.92 Å². The van der Waals surface area contributed by atoms with Gasteiger partial charge in [-0.05, 0) is 42.8 Å². The molecule has 32 heavy (non-hydrogen) atoms. The molecule has 0 radical (unpaired) electrons. The van der Waals surface area contributed by atoms with Gasteiger partial charge in [0.15, 0.2) is 0 Å². The van der Waals surface area contributed by atoms with Gasteiger partial charge in [-0.3, -0.25) is 4.79 Å². The van der Waals surface area contributed by atoms with Crippen LogP contribution in [0.25, 0.3) is 10.9 Å². The molecule has 1 heterocycles. The monoisotopic (exact) mass is 464 g/mol. The highest BCUT2D eigenvalue weighted by Crippen LogP contribution is 2.25. The van der Waals surface area contributed by atoms with Crippen LogP contribution in [-0.2, 0) is 11.3 Å². The summed E-state index contributed by atoms with van der Waals surface area (Å²) >= 11 is 12.2. The van der Waals surface area contributed by atoms with Crippen LogP contribution in [0.3, 0.4) is 0 Å². The average molecular weight is 465 g/mol. The summed E-state index contributed by atoms with van der Waals surface area (Å²) in [5.41, 5.74) is 7.65. The van der Waals surface area contributed by atoms with Gasteiger partial charge in [0.1, 0.15) is 0 Å². The van der Waals surface area contributed by atoms with Crippen LogP contribution in [0.1, 0.15) is 16.7 Å². The number of nitrogens with one attached hydrogen (secondary N) is 2. The first-order chi connectivity index (χ1) is 15.5. The Balaban J connectivity index is 1.44. The first-order valence-corrected chi connectivity index (χ1v) is 10.9. The van der Waals surface area contributed by atoms with Crippen molar-refractivity contribution in [3.63, 3.8) is 0 Å². The molecule has 7 heteroatoms. The molecule has 5 nitrogen and oxygen atoms in total. The topological polar surface area (TPSA) is 58.4 Å². The van der Waals surface area contributed by atoms with E-state index in [0.717, 1.165) is 27.7 Å². The lowest BCUT2D eigenvalue weighted by Gasteiger charge is -2.06. The zero-order valence-electron chi connectivity index (χ0n) is 17.5. The zero-order valence-corrected chi connectivity index (χ0v) is 19.0. The maximum Gasteiger partial charge on any atom is 0.259 e. The van der Waals surface area contributed by atoms with Gasteiger partial charge < -0.3 is 9.88 Å². The third-order valence-corrected chi connectivity index (χ3v) is 5.79. The number of halogens is 2. The molecule has 0 saturated carbocycles. The number of amides is 1. The Morgan fingerprint density at radius 1 is 1.03 bits per heavy atom. The Kier molecular flexibility index (Phi) is 6.78. The number of carbonyl (C=O) groups is 1. The van der Waals surface area contributed by atoms with Gasteiger partial charge in [-0.15, -0.1) is 0 Å². The predicted octanol–water partition coefficient (Wildman–Crippen LogP) is 5.87. The lowest BCUT2D eigenvalue weighted by molar-refractivity contribution is -0.119. The molecule has 0 spiro atoms. The second-order valence-corrected chi connectivity index (χ2v) is 8.31. The third-order valence-electron chi connectivity index (χ3n) is 5.05. The number of anilines is 1. The van der Waals surface area contributed by atoms with E-state index in [4.69, 9.17) is 23.2 Å². The molecule has 0 aliphatic rings. The summed E-state index contributed by atoms with van der Waals surface area (Å²) in [6.45, 7) is 2.80. The number of hydrazone groups is 1. The second kappa shape index (κ2) is 9.90. The van der Waals surface area contributed by atoms with Crippen molar-refractivity contribution < 1.29 is 4.79 Å². The fraction of sp³-hybridized carbons (Fsp3) is 0.120. The Labute approximate surface area is 196 Å². The standard InChI is InChI=1S/C25H22Cl2N4O/c1-17-6-9-20(10-7-17)28-14-25(32)30-29-13-19-16-31(24-5-3-2-4-21(19)24)15-18-8-11-22(26)23(27)12-18/h2-13,16,28H,14-15H2,1H3,(H,30,32)/b29-13-. The molecule has 2 N–H and O–H groups in total. The molecule has 0 atom stereocenters. The fourth-order valence-electron chi connectivity index (χ4n) is 3.41. The Morgan fingerprint density at radius 2 is 1.81 bits per heavy atom. The largest absolute Gasteiger partial charge is 0.376 e. The average Bonchev–Trinajstić information content (AvgIpc) is 3.13. The minimum absolute atomic E-state index is 0.138. The third kappa shape index (κ3) is 5.31. The number of hydrogen-bond acceptors (Lipinski definition) is 3. The van der Waals surface area contributed by atoms with Crippen molar-refractivity contribution in [3.8, 4) is 0 Å². The number of rotatable bonds is 7. The van der Waals surface area contributed by atoms with Crippen molar-refractivity contribution in [1.29, 1.82) is 0 Å². The second-order valence-electron chi connectivity index (χ2n) is 7.49. The van der Waals surface area contributed by atoms with Gasteiger partial charge in [-0.2, -0.15) is 5.10 Å². The van der Waals surface area contributed by atoms with Crippen LogP contribution in [0.5, 0.6) is 0 Å². The van der Waals surface area contributed by atoms with Gasteiger partial charge in [0.2, 0.25) is 0 Å². The van der Waals surface area contributed by atoms with Gasteiger partial charge in [0, 0.05) is 34.9 Å². The van der Waals surface area contributed by atoms with E-state index in [1.807, 2.05) is 73.8 Å². The van der Waals surface area contributed by atoms with Crippen molar-refractivity contribution in [2.24, 2.45) is 5.10 Å². The minimum atomic E-state index is -0.221. The molecule has 1 amide bonds. The molecule has 0 fully saturated rings. The van der Waals surface area contributed by atoms with Crippen LogP contribution in [0.4, 0.5) is 5.69 Å². The van der Waals surface area contributed by atoms with E-state index in [9.17, 15) is 4.79 Å². The van der Waals surface area contributed by atoms with Gasteiger partial charge in [0.25, 0.3) is 5.91 Å². The van der Waals surface area contributed by atoms with Gasteiger partial charge in [0.05, 0.1) is 22.8 Å². The molecular weight excluding hydrogens is 443 g/mol. The van der Waals surface area contributed by atoms with Crippen LogP contribution >= 0.6 is 23.2 Å². The summed E-state index contributed by atoms with van der Waals surface area (Å²) in [5.74, 6) is -0.221. The molecule has 3 aromatic carbocycles. The first kappa shape index (κ1) is 21.9. The van der Waals surface area contributed by atoms with Gasteiger partial charge in [-0.1, -0.05) is 65.2 Å². The van der Waals surface area contributed by atoms with Crippen molar-refractivity contribution >= 4 is 51.9 Å². The summed E-state index contributed by atoms with van der Waals surface area (Å²) < 4.78 is 2.12. The Morgan fingerprint density at radius 3 is 2.59 bits per heavy atom. The molecular formula is C25H22Cl2N4O. The highest BCUT2D eigenvalue weighted by atomic mass is 35.5. The van der Waals surface area contributed by atoms with Crippen molar-refractivity contribution in [1.82, 2.24) is 9.99 Å². The molecule has 0 bridgehead atoms. The normalized spacial score (nSPS) is 11.2. The smallest absolute Gasteiger partial charge is 0.259 e. The Bertz CT molecular complexity index is 1280. The van der Waals surface area contributed by atoms with Crippen LogP contribution in [-0.4, -0.2) is 23.2 Å². The van der Waals surface area contributed by atoms with Crippen molar-refractivity contribution in [3.05, 3.63) is 99.7 Å². The lowest BCUT2D eigenvalue weighted by Crippen LogP contribution is -2.25. The molecule has 162 valence electrons. The number of benzene rings is 3. The Hall–Kier alpha value is -3.28. The maximum atomic E-state index is 12.1. The zero-order chi connectivity index (χ0) is 22.5. The summed E-state index contributed by atoms with van der Waals surface area (Å²) in [6.07, 6.45) is 3.67. The summed E-state index contributed by atoms with van der Waals surface area (Å²) in [7, 11) is 0. The van der Waals surface area contributed by atoms with E-state index in [2.05, 4.69) is 20.4 Å².